The molecule has 1 aliphatic rings. The first kappa shape index (κ1) is 13.6. The summed E-state index contributed by atoms with van der Waals surface area (Å²) in [6.45, 7) is 0. The Morgan fingerprint density at radius 3 is 2.72 bits per heavy atom. The molecule has 1 aromatic carbocycles. The summed E-state index contributed by atoms with van der Waals surface area (Å²) in [4.78, 5) is 11.8. The van der Waals surface area contributed by atoms with Crippen molar-refractivity contribution in [2.24, 2.45) is 0 Å². The van der Waals surface area contributed by atoms with Crippen molar-refractivity contribution >= 4 is 49.7 Å². The Kier molecular flexibility index (Phi) is 3.81. The summed E-state index contributed by atoms with van der Waals surface area (Å²) >= 11 is 2.17. The molecule has 5 nitrogen and oxygen atoms in total. The molecule has 0 spiro atoms. The molecule has 18 heavy (non-hydrogen) atoms. The zero-order chi connectivity index (χ0) is 13.3. The lowest BCUT2D eigenvalue weighted by molar-refractivity contribution is -0.117. The van der Waals surface area contributed by atoms with Crippen LogP contribution in [0, 0.1) is 3.57 Å². The Morgan fingerprint density at radius 1 is 1.33 bits per heavy atom. The smallest absolute Gasteiger partial charge is 0.246 e. The predicted molar refractivity (Wildman–Crippen MR) is 79.5 cm³/mol. The van der Waals surface area contributed by atoms with E-state index in [1.165, 1.54) is 6.26 Å². The number of fused-ring (bicyclic) bond motifs is 1. The van der Waals surface area contributed by atoms with E-state index < -0.39 is 15.9 Å². The molecule has 98 valence electrons. The molecule has 0 saturated carbocycles. The highest BCUT2D eigenvalue weighted by molar-refractivity contribution is 14.1. The fourth-order valence-electron chi connectivity index (χ4n) is 1.75. The number of anilines is 2. The summed E-state index contributed by atoms with van der Waals surface area (Å²) in [5.41, 5.74) is 1.57. The number of sulfone groups is 1. The molecule has 1 aliphatic heterocycles. The second-order valence-electron chi connectivity index (χ2n) is 4.29. The number of amides is 1. The average Bonchev–Trinajstić information content (AvgIpc) is 2.25. The molecule has 1 heterocycles. The Bertz CT molecular complexity index is 586. The molecule has 2 N–H and O–H groups in total. The fraction of sp³-hybridized carbons (Fsp3) is 0.364. The van der Waals surface area contributed by atoms with Crippen LogP contribution in [-0.4, -0.2) is 32.4 Å². The summed E-state index contributed by atoms with van der Waals surface area (Å²) in [7, 11) is -3.05. The highest BCUT2D eigenvalue weighted by Gasteiger charge is 2.26. The van der Waals surface area contributed by atoms with Gasteiger partial charge in [0.15, 0.2) is 0 Å². The maximum Gasteiger partial charge on any atom is 0.246 e. The molecule has 1 aromatic rings. The maximum atomic E-state index is 11.8. The number of hydrogen-bond donors (Lipinski definition) is 2. The SMILES string of the molecule is CS(=O)(=O)CCC1Nc2ccc(I)cc2NC1=O. The topological polar surface area (TPSA) is 75.3 Å². The molecule has 1 atom stereocenters. The summed E-state index contributed by atoms with van der Waals surface area (Å²) in [6.07, 6.45) is 1.44. The zero-order valence-corrected chi connectivity index (χ0v) is 12.7. The van der Waals surface area contributed by atoms with Crippen LogP contribution < -0.4 is 10.6 Å². The first-order valence-corrected chi connectivity index (χ1v) is 8.54. The van der Waals surface area contributed by atoms with E-state index in [4.69, 9.17) is 0 Å². The fourth-order valence-corrected chi connectivity index (χ4v) is 2.91. The standard InChI is InChI=1S/C11H13IN2O3S/c1-18(16,17)5-4-9-11(15)14-10-6-7(12)2-3-8(10)13-9/h2-3,6,9,13H,4-5H2,1H3,(H,14,15). The van der Waals surface area contributed by atoms with Crippen LogP contribution in [0.25, 0.3) is 0 Å². The first-order valence-electron chi connectivity index (χ1n) is 5.40. The Hall–Kier alpha value is -0.830. The van der Waals surface area contributed by atoms with Gasteiger partial charge in [-0.3, -0.25) is 4.79 Å². The lowest BCUT2D eigenvalue weighted by Crippen LogP contribution is -2.40. The van der Waals surface area contributed by atoms with E-state index in [1.807, 2.05) is 18.2 Å². The molecule has 0 radical (unpaired) electrons. The van der Waals surface area contributed by atoms with Crippen LogP contribution >= 0.6 is 22.6 Å². The van der Waals surface area contributed by atoms with Crippen LogP contribution in [-0.2, 0) is 14.6 Å². The van der Waals surface area contributed by atoms with Crippen LogP contribution in [0.2, 0.25) is 0 Å². The van der Waals surface area contributed by atoms with E-state index in [0.717, 1.165) is 14.9 Å². The van der Waals surface area contributed by atoms with E-state index in [2.05, 4.69) is 33.2 Å². The summed E-state index contributed by atoms with van der Waals surface area (Å²) < 4.78 is 23.3. The van der Waals surface area contributed by atoms with Gasteiger partial charge in [0.2, 0.25) is 5.91 Å². The van der Waals surface area contributed by atoms with Gasteiger partial charge in [0.05, 0.1) is 17.1 Å². The van der Waals surface area contributed by atoms with Crippen LogP contribution in [0.3, 0.4) is 0 Å². The maximum absolute atomic E-state index is 11.8. The number of rotatable bonds is 3. The van der Waals surface area contributed by atoms with Crippen molar-refractivity contribution < 1.29 is 13.2 Å². The number of carbonyl (C=O) groups excluding carboxylic acids is 1. The lowest BCUT2D eigenvalue weighted by Gasteiger charge is -2.26. The molecule has 2 rings (SSSR count). The van der Waals surface area contributed by atoms with Crippen LogP contribution in [0.4, 0.5) is 11.4 Å². The highest BCUT2D eigenvalue weighted by atomic mass is 127. The van der Waals surface area contributed by atoms with Crippen molar-refractivity contribution in [2.45, 2.75) is 12.5 Å². The van der Waals surface area contributed by atoms with E-state index in [9.17, 15) is 13.2 Å². The average molecular weight is 380 g/mol. The Labute approximate surface area is 119 Å². The van der Waals surface area contributed by atoms with Gasteiger partial charge in [-0.05, 0) is 47.2 Å². The van der Waals surface area contributed by atoms with E-state index in [1.54, 1.807) is 0 Å². The van der Waals surface area contributed by atoms with Gasteiger partial charge in [-0.25, -0.2) is 8.42 Å². The normalized spacial score (nSPS) is 18.8. The summed E-state index contributed by atoms with van der Waals surface area (Å²) in [6, 6.07) is 5.18. The van der Waals surface area contributed by atoms with E-state index >= 15 is 0 Å². The molecule has 0 saturated heterocycles. The van der Waals surface area contributed by atoms with Gasteiger partial charge in [0, 0.05) is 9.83 Å². The molecule has 7 heteroatoms. The lowest BCUT2D eigenvalue weighted by atomic mass is 10.1. The van der Waals surface area contributed by atoms with Gasteiger partial charge in [0.1, 0.15) is 15.9 Å². The van der Waals surface area contributed by atoms with Gasteiger partial charge in [-0.1, -0.05) is 0 Å². The number of carbonyl (C=O) groups is 1. The molecule has 0 fully saturated rings. The first-order chi connectivity index (χ1) is 8.35. The zero-order valence-electron chi connectivity index (χ0n) is 9.73. The van der Waals surface area contributed by atoms with Crippen molar-refractivity contribution in [1.29, 1.82) is 0 Å². The minimum atomic E-state index is -3.05. The predicted octanol–water partition coefficient (Wildman–Crippen LogP) is 1.46. The molecule has 0 aliphatic carbocycles. The molecular formula is C11H13IN2O3S. The molecular weight excluding hydrogens is 367 g/mol. The number of hydrogen-bond acceptors (Lipinski definition) is 4. The third kappa shape index (κ3) is 3.35. The monoisotopic (exact) mass is 380 g/mol. The van der Waals surface area contributed by atoms with Crippen molar-refractivity contribution in [3.05, 3.63) is 21.8 Å². The molecule has 1 unspecified atom stereocenters. The van der Waals surface area contributed by atoms with Gasteiger partial charge in [-0.2, -0.15) is 0 Å². The van der Waals surface area contributed by atoms with Crippen molar-refractivity contribution in [3.8, 4) is 0 Å². The molecule has 1 amide bonds. The largest absolute Gasteiger partial charge is 0.372 e. The van der Waals surface area contributed by atoms with E-state index in [0.29, 0.717) is 0 Å². The quantitative estimate of drug-likeness (QED) is 0.779. The second-order valence-corrected chi connectivity index (χ2v) is 7.80. The third-order valence-electron chi connectivity index (χ3n) is 2.66. The van der Waals surface area contributed by atoms with Crippen molar-refractivity contribution in [1.82, 2.24) is 0 Å². The van der Waals surface area contributed by atoms with Crippen LogP contribution in [0.15, 0.2) is 18.2 Å². The van der Waals surface area contributed by atoms with Gasteiger partial charge in [-0.15, -0.1) is 0 Å². The van der Waals surface area contributed by atoms with Gasteiger partial charge in [0.25, 0.3) is 0 Å². The molecule has 0 aromatic heterocycles. The van der Waals surface area contributed by atoms with Gasteiger partial charge < -0.3 is 10.6 Å². The van der Waals surface area contributed by atoms with Crippen molar-refractivity contribution in [2.75, 3.05) is 22.6 Å². The summed E-state index contributed by atoms with van der Waals surface area (Å²) in [5.74, 6) is -0.189. The number of nitrogens with one attached hydrogen (secondary N) is 2. The minimum Gasteiger partial charge on any atom is -0.372 e. The van der Waals surface area contributed by atoms with Crippen LogP contribution in [0.1, 0.15) is 6.42 Å². The van der Waals surface area contributed by atoms with E-state index in [-0.39, 0.29) is 18.1 Å². The summed E-state index contributed by atoms with van der Waals surface area (Å²) in [5, 5.41) is 5.85. The highest BCUT2D eigenvalue weighted by Crippen LogP contribution is 2.29. The second kappa shape index (κ2) is 5.04. The van der Waals surface area contributed by atoms with Gasteiger partial charge >= 0.3 is 0 Å². The number of halogens is 1. The Balaban J connectivity index is 2.13. The van der Waals surface area contributed by atoms with Crippen molar-refractivity contribution in [3.63, 3.8) is 0 Å². The minimum absolute atomic E-state index is 0.00219. The molecule has 0 bridgehead atoms. The van der Waals surface area contributed by atoms with Crippen LogP contribution in [0.5, 0.6) is 0 Å². The Morgan fingerprint density at radius 2 is 2.06 bits per heavy atom. The number of benzene rings is 1. The third-order valence-corrected chi connectivity index (χ3v) is 4.31.